The van der Waals surface area contributed by atoms with E-state index in [2.05, 4.69) is 19.5 Å². The Kier molecular flexibility index (Phi) is 3.59. The van der Waals surface area contributed by atoms with Crippen LogP contribution >= 0.6 is 0 Å². The maximum Gasteiger partial charge on any atom is 0.255 e. The maximum absolute atomic E-state index is 4.44. The normalized spacial score (nSPS) is 16.3. The number of nitrogens with zero attached hydrogens (tertiary/aromatic N) is 4. The minimum atomic E-state index is 0. The Bertz CT molecular complexity index is 504. The molecule has 0 aliphatic heterocycles. The summed E-state index contributed by atoms with van der Waals surface area (Å²) in [6, 6.07) is 0.588. The number of quaternary nitrogens is 1. The molecule has 2 heterocycles. The number of nitrogens with two attached hydrogens (primary N) is 1. The molecule has 5 nitrogen and oxygen atoms in total. The van der Waals surface area contributed by atoms with Gasteiger partial charge in [0.25, 0.3) is 5.82 Å². The number of rotatable bonds is 2. The van der Waals surface area contributed by atoms with Crippen molar-refractivity contribution in [3.8, 4) is 0 Å². The van der Waals surface area contributed by atoms with Crippen molar-refractivity contribution in [1.29, 1.82) is 0 Å². The highest BCUT2D eigenvalue weighted by molar-refractivity contribution is 5.78. The van der Waals surface area contributed by atoms with Crippen molar-refractivity contribution in [1.82, 2.24) is 19.5 Å². The number of hydrogen-bond donors (Lipinski definition) is 1. The molecule has 0 unspecified atom stereocenters. The number of halogens is 1. The lowest BCUT2D eigenvalue weighted by Crippen LogP contribution is -3.00. The molecular formula is C11H16ClN5. The molecule has 6 heteroatoms. The SMILES string of the molecule is C[NH2+]c1ncnc2c1ncn2C1CCCC1.[Cl-]. The van der Waals surface area contributed by atoms with Gasteiger partial charge in [-0.15, -0.1) is 0 Å². The van der Waals surface area contributed by atoms with E-state index < -0.39 is 0 Å². The summed E-state index contributed by atoms with van der Waals surface area (Å²) in [5, 5.41) is 1.98. The van der Waals surface area contributed by atoms with E-state index in [4.69, 9.17) is 0 Å². The van der Waals surface area contributed by atoms with Crippen LogP contribution in [-0.4, -0.2) is 26.6 Å². The average molecular weight is 254 g/mol. The lowest BCUT2D eigenvalue weighted by atomic mass is 10.2. The monoisotopic (exact) mass is 253 g/mol. The van der Waals surface area contributed by atoms with Crippen LogP contribution in [0.2, 0.25) is 0 Å². The van der Waals surface area contributed by atoms with E-state index in [1.165, 1.54) is 25.7 Å². The molecule has 1 saturated carbocycles. The van der Waals surface area contributed by atoms with Crippen LogP contribution < -0.4 is 17.7 Å². The Morgan fingerprint density at radius 1 is 1.24 bits per heavy atom. The first-order valence-corrected chi connectivity index (χ1v) is 5.87. The first-order chi connectivity index (χ1) is 7.90. The third kappa shape index (κ3) is 2.00. The van der Waals surface area contributed by atoms with Gasteiger partial charge in [-0.25, -0.2) is 9.97 Å². The van der Waals surface area contributed by atoms with E-state index in [1.54, 1.807) is 6.33 Å². The van der Waals surface area contributed by atoms with Crippen LogP contribution in [0, 0.1) is 0 Å². The summed E-state index contributed by atoms with van der Waals surface area (Å²) in [4.78, 5) is 13.0. The third-order valence-electron chi connectivity index (χ3n) is 3.38. The Labute approximate surface area is 106 Å². The Balaban J connectivity index is 0.00000108. The summed E-state index contributed by atoms with van der Waals surface area (Å²) >= 11 is 0. The zero-order valence-corrected chi connectivity index (χ0v) is 10.6. The molecule has 92 valence electrons. The summed E-state index contributed by atoms with van der Waals surface area (Å²) in [5.74, 6) is 0.932. The van der Waals surface area contributed by atoms with E-state index in [1.807, 2.05) is 18.7 Å². The average Bonchev–Trinajstić information content (AvgIpc) is 2.96. The molecule has 3 rings (SSSR count). The van der Waals surface area contributed by atoms with Gasteiger partial charge in [-0.2, -0.15) is 4.98 Å². The Hall–Kier alpha value is -1.20. The van der Waals surface area contributed by atoms with Gasteiger partial charge in [0.05, 0.1) is 13.4 Å². The zero-order valence-electron chi connectivity index (χ0n) is 9.80. The van der Waals surface area contributed by atoms with Crippen LogP contribution in [-0.2, 0) is 0 Å². The summed E-state index contributed by atoms with van der Waals surface area (Å²) in [5.41, 5.74) is 1.91. The number of aromatic nitrogens is 4. The lowest BCUT2D eigenvalue weighted by molar-refractivity contribution is -0.541. The molecule has 1 aliphatic carbocycles. The molecule has 1 aliphatic rings. The van der Waals surface area contributed by atoms with E-state index in [-0.39, 0.29) is 12.4 Å². The quantitative estimate of drug-likeness (QED) is 0.659. The summed E-state index contributed by atoms with van der Waals surface area (Å²) in [6.45, 7) is 0. The van der Waals surface area contributed by atoms with Crippen molar-refractivity contribution in [2.24, 2.45) is 0 Å². The first kappa shape index (κ1) is 12.3. The standard InChI is InChI=1S/C11H15N5.ClH/c1-12-10-9-11(14-6-13-10)16(7-15-9)8-4-2-3-5-8;/h6-8H,2-5H2,1H3,(H,12,13,14);1H. The highest BCUT2D eigenvalue weighted by atomic mass is 35.5. The van der Waals surface area contributed by atoms with E-state index in [0.717, 1.165) is 17.0 Å². The molecule has 0 bridgehead atoms. The fourth-order valence-corrected chi connectivity index (χ4v) is 2.53. The molecule has 0 amide bonds. The summed E-state index contributed by atoms with van der Waals surface area (Å²) < 4.78 is 2.22. The van der Waals surface area contributed by atoms with Crippen molar-refractivity contribution < 1.29 is 17.7 Å². The van der Waals surface area contributed by atoms with Crippen molar-refractivity contribution in [3.05, 3.63) is 12.7 Å². The summed E-state index contributed by atoms with van der Waals surface area (Å²) in [7, 11) is 1.98. The van der Waals surface area contributed by atoms with Crippen LogP contribution in [0.3, 0.4) is 0 Å². The fraction of sp³-hybridized carbons (Fsp3) is 0.545. The Morgan fingerprint density at radius 2 is 2.00 bits per heavy atom. The number of fused-ring (bicyclic) bond motifs is 1. The second-order valence-electron chi connectivity index (χ2n) is 4.31. The van der Waals surface area contributed by atoms with Crippen LogP contribution in [0.15, 0.2) is 12.7 Å². The second kappa shape index (κ2) is 4.98. The second-order valence-corrected chi connectivity index (χ2v) is 4.31. The third-order valence-corrected chi connectivity index (χ3v) is 3.38. The lowest BCUT2D eigenvalue weighted by Gasteiger charge is -2.10. The minimum absolute atomic E-state index is 0. The van der Waals surface area contributed by atoms with Gasteiger partial charge in [0.1, 0.15) is 6.33 Å². The van der Waals surface area contributed by atoms with Gasteiger partial charge in [-0.1, -0.05) is 12.8 Å². The first-order valence-electron chi connectivity index (χ1n) is 5.87. The van der Waals surface area contributed by atoms with Gasteiger partial charge in [-0.05, 0) is 12.8 Å². The fourth-order valence-electron chi connectivity index (χ4n) is 2.53. The molecule has 0 aromatic carbocycles. The van der Waals surface area contributed by atoms with Gasteiger partial charge < -0.3 is 17.0 Å². The van der Waals surface area contributed by atoms with Crippen molar-refractivity contribution in [3.63, 3.8) is 0 Å². The van der Waals surface area contributed by atoms with Crippen LogP contribution in [0.4, 0.5) is 5.82 Å². The topological polar surface area (TPSA) is 60.2 Å². The Morgan fingerprint density at radius 3 is 2.71 bits per heavy atom. The largest absolute Gasteiger partial charge is 1.00 e. The number of hydrogen-bond acceptors (Lipinski definition) is 3. The van der Waals surface area contributed by atoms with E-state index >= 15 is 0 Å². The van der Waals surface area contributed by atoms with Crippen molar-refractivity contribution in [2.75, 3.05) is 7.05 Å². The van der Waals surface area contributed by atoms with Crippen molar-refractivity contribution >= 4 is 17.0 Å². The summed E-state index contributed by atoms with van der Waals surface area (Å²) in [6.07, 6.45) is 8.69. The molecule has 0 spiro atoms. The molecule has 0 saturated heterocycles. The molecule has 2 N–H and O–H groups in total. The molecule has 2 aromatic rings. The minimum Gasteiger partial charge on any atom is -1.00 e. The van der Waals surface area contributed by atoms with E-state index in [0.29, 0.717) is 6.04 Å². The van der Waals surface area contributed by atoms with Gasteiger partial charge in [0, 0.05) is 6.04 Å². The van der Waals surface area contributed by atoms with Gasteiger partial charge in [-0.3, -0.25) is 5.32 Å². The molecule has 17 heavy (non-hydrogen) atoms. The van der Waals surface area contributed by atoms with Gasteiger partial charge >= 0.3 is 0 Å². The zero-order chi connectivity index (χ0) is 11.0. The van der Waals surface area contributed by atoms with E-state index in [9.17, 15) is 0 Å². The highest BCUT2D eigenvalue weighted by Crippen LogP contribution is 2.31. The molecular weight excluding hydrogens is 238 g/mol. The van der Waals surface area contributed by atoms with Crippen LogP contribution in [0.5, 0.6) is 0 Å². The predicted octanol–water partition coefficient (Wildman–Crippen LogP) is -2.23. The van der Waals surface area contributed by atoms with Crippen molar-refractivity contribution in [2.45, 2.75) is 31.7 Å². The molecule has 2 aromatic heterocycles. The van der Waals surface area contributed by atoms with Gasteiger partial charge in [0.15, 0.2) is 11.2 Å². The predicted molar refractivity (Wildman–Crippen MR) is 60.3 cm³/mol. The molecule has 1 fully saturated rings. The van der Waals surface area contributed by atoms with Crippen LogP contribution in [0.1, 0.15) is 31.7 Å². The molecule has 0 atom stereocenters. The number of imidazole rings is 1. The molecule has 0 radical (unpaired) electrons. The van der Waals surface area contributed by atoms with Gasteiger partial charge in [0.2, 0.25) is 0 Å². The van der Waals surface area contributed by atoms with Crippen LogP contribution in [0.25, 0.3) is 11.2 Å². The maximum atomic E-state index is 4.44. The highest BCUT2D eigenvalue weighted by Gasteiger charge is 2.21. The smallest absolute Gasteiger partial charge is 0.255 e.